The van der Waals surface area contributed by atoms with Crippen LogP contribution >= 0.6 is 0 Å². The van der Waals surface area contributed by atoms with Crippen molar-refractivity contribution in [2.45, 2.75) is 84.1 Å². The third-order valence-electron chi connectivity index (χ3n) is 3.96. The molecule has 0 aliphatic carbocycles. The molecule has 1 N–H and O–H groups in total. The summed E-state index contributed by atoms with van der Waals surface area (Å²) in [6, 6.07) is -0.988. The summed E-state index contributed by atoms with van der Waals surface area (Å²) in [5, 5.41) is 19.8. The van der Waals surface area contributed by atoms with Gasteiger partial charge in [0.1, 0.15) is 0 Å². The van der Waals surface area contributed by atoms with E-state index in [4.69, 9.17) is 5.11 Å². The second-order valence-electron chi connectivity index (χ2n) is 5.88. The molecule has 5 nitrogen and oxygen atoms in total. The summed E-state index contributed by atoms with van der Waals surface area (Å²) in [4.78, 5) is 24.1. The van der Waals surface area contributed by atoms with Gasteiger partial charge in [0.25, 0.3) is 0 Å². The van der Waals surface area contributed by atoms with Crippen molar-refractivity contribution in [1.29, 1.82) is 0 Å². The van der Waals surface area contributed by atoms with Crippen LogP contribution < -0.4 is 34.7 Å². The van der Waals surface area contributed by atoms with E-state index in [1.165, 1.54) is 50.3 Å². The van der Waals surface area contributed by atoms with Gasteiger partial charge in [0.05, 0.1) is 18.6 Å². The van der Waals surface area contributed by atoms with Crippen LogP contribution in [-0.2, 0) is 9.59 Å². The Morgan fingerprint density at radius 1 is 1.00 bits per heavy atom. The standard InChI is InChI=1S/C17H33NO4.Na/c1-3-4-5-6-7-8-9-10-11-12-16(20)18(13-14-19)15(2)17(21)22;/h15,19H,3-14H2,1-2H3,(H,21,22);/q;+1/p-1/t15-;/m0./s1. The molecule has 0 unspecified atom stereocenters. The number of aliphatic hydroxyl groups is 1. The van der Waals surface area contributed by atoms with Crippen LogP contribution in [0.15, 0.2) is 0 Å². The fourth-order valence-electron chi connectivity index (χ4n) is 2.50. The molecule has 0 aromatic carbocycles. The number of unbranched alkanes of at least 4 members (excludes halogenated alkanes) is 8. The van der Waals surface area contributed by atoms with Gasteiger partial charge in [0, 0.05) is 13.0 Å². The second-order valence-corrected chi connectivity index (χ2v) is 5.88. The van der Waals surface area contributed by atoms with Gasteiger partial charge in [-0.2, -0.15) is 0 Å². The minimum absolute atomic E-state index is 0. The number of nitrogens with zero attached hydrogens (tertiary/aromatic N) is 1. The van der Waals surface area contributed by atoms with E-state index < -0.39 is 12.0 Å². The molecule has 0 rings (SSSR count). The van der Waals surface area contributed by atoms with Gasteiger partial charge in [0.2, 0.25) is 5.91 Å². The van der Waals surface area contributed by atoms with E-state index in [0.717, 1.165) is 19.3 Å². The van der Waals surface area contributed by atoms with Crippen LogP contribution in [0.5, 0.6) is 0 Å². The predicted octanol–water partition coefficient (Wildman–Crippen LogP) is -1.13. The quantitative estimate of drug-likeness (QED) is 0.321. The zero-order valence-corrected chi connectivity index (χ0v) is 17.2. The van der Waals surface area contributed by atoms with Gasteiger partial charge in [-0.05, 0) is 13.3 Å². The molecule has 1 atom stereocenters. The number of aliphatic hydroxyl groups excluding tert-OH is 1. The molecule has 0 saturated carbocycles. The van der Waals surface area contributed by atoms with Crippen LogP contribution in [0.1, 0.15) is 78.1 Å². The molecule has 0 spiro atoms. The van der Waals surface area contributed by atoms with Gasteiger partial charge >= 0.3 is 29.6 Å². The summed E-state index contributed by atoms with van der Waals surface area (Å²) in [6.45, 7) is 3.43. The number of aliphatic carboxylic acids is 1. The first-order valence-corrected chi connectivity index (χ1v) is 8.65. The number of carboxylic acid groups (broad SMARTS) is 1. The molecule has 1 amide bonds. The minimum Gasteiger partial charge on any atom is -0.548 e. The van der Waals surface area contributed by atoms with Crippen molar-refractivity contribution in [3.8, 4) is 0 Å². The molecular formula is C17H32NNaO4. The number of carbonyl (C=O) groups excluding carboxylic acids is 2. The Labute approximate surface area is 163 Å². The molecule has 0 heterocycles. The number of carbonyl (C=O) groups is 2. The van der Waals surface area contributed by atoms with Crippen molar-refractivity contribution >= 4 is 11.9 Å². The molecular weight excluding hydrogens is 305 g/mol. The van der Waals surface area contributed by atoms with Crippen LogP contribution in [0, 0.1) is 0 Å². The Balaban J connectivity index is 0. The Kier molecular flexibility index (Phi) is 18.3. The molecule has 0 aromatic rings. The van der Waals surface area contributed by atoms with Crippen molar-refractivity contribution < 1.29 is 49.4 Å². The summed E-state index contributed by atoms with van der Waals surface area (Å²) in [5.74, 6) is -1.50. The van der Waals surface area contributed by atoms with E-state index in [0.29, 0.717) is 6.42 Å². The summed E-state index contributed by atoms with van der Waals surface area (Å²) >= 11 is 0. The number of carboxylic acids is 1. The van der Waals surface area contributed by atoms with Crippen LogP contribution in [-0.4, -0.2) is 41.1 Å². The summed E-state index contributed by atoms with van der Waals surface area (Å²) in [7, 11) is 0. The first kappa shape index (κ1) is 25.1. The summed E-state index contributed by atoms with van der Waals surface area (Å²) in [6.07, 6.45) is 10.9. The van der Waals surface area contributed by atoms with Crippen molar-refractivity contribution in [2.75, 3.05) is 13.2 Å². The molecule has 0 aliphatic heterocycles. The van der Waals surface area contributed by atoms with Crippen LogP contribution in [0.2, 0.25) is 0 Å². The summed E-state index contributed by atoms with van der Waals surface area (Å²) < 4.78 is 0. The van der Waals surface area contributed by atoms with Gasteiger partial charge < -0.3 is 19.9 Å². The average molecular weight is 337 g/mol. The Morgan fingerprint density at radius 2 is 1.48 bits per heavy atom. The van der Waals surface area contributed by atoms with Crippen molar-refractivity contribution in [3.63, 3.8) is 0 Å². The molecule has 0 aromatic heterocycles. The van der Waals surface area contributed by atoms with Crippen LogP contribution in [0.4, 0.5) is 0 Å². The van der Waals surface area contributed by atoms with Crippen LogP contribution in [0.25, 0.3) is 0 Å². The van der Waals surface area contributed by atoms with Gasteiger partial charge in [-0.1, -0.05) is 58.3 Å². The molecule has 6 heteroatoms. The Bertz CT molecular complexity index is 313. The van der Waals surface area contributed by atoms with Crippen LogP contribution in [0.3, 0.4) is 0 Å². The largest absolute Gasteiger partial charge is 1.00 e. The number of hydrogen-bond donors (Lipinski definition) is 1. The monoisotopic (exact) mass is 337 g/mol. The molecule has 0 bridgehead atoms. The molecule has 0 radical (unpaired) electrons. The third kappa shape index (κ3) is 12.9. The number of hydrogen-bond acceptors (Lipinski definition) is 4. The maximum Gasteiger partial charge on any atom is 1.00 e. The van der Waals surface area contributed by atoms with Crippen molar-refractivity contribution in [3.05, 3.63) is 0 Å². The molecule has 130 valence electrons. The smallest absolute Gasteiger partial charge is 0.548 e. The molecule has 23 heavy (non-hydrogen) atoms. The predicted molar refractivity (Wildman–Crippen MR) is 85.1 cm³/mol. The van der Waals surface area contributed by atoms with E-state index in [-0.39, 0.29) is 48.6 Å². The number of rotatable bonds is 14. The first-order chi connectivity index (χ1) is 10.5. The van der Waals surface area contributed by atoms with Gasteiger partial charge in [-0.15, -0.1) is 0 Å². The fourth-order valence-corrected chi connectivity index (χ4v) is 2.50. The summed E-state index contributed by atoms with van der Waals surface area (Å²) in [5.41, 5.74) is 0. The second kappa shape index (κ2) is 16.7. The van der Waals surface area contributed by atoms with Crippen molar-refractivity contribution in [2.24, 2.45) is 0 Å². The minimum atomic E-state index is -1.28. The zero-order chi connectivity index (χ0) is 16.8. The maximum atomic E-state index is 12.0. The zero-order valence-electron chi connectivity index (χ0n) is 15.2. The maximum absolute atomic E-state index is 12.0. The Morgan fingerprint density at radius 3 is 1.91 bits per heavy atom. The van der Waals surface area contributed by atoms with Crippen molar-refractivity contribution in [1.82, 2.24) is 4.90 Å². The average Bonchev–Trinajstić information content (AvgIpc) is 2.50. The van der Waals surface area contributed by atoms with E-state index in [9.17, 15) is 14.7 Å². The number of amides is 1. The van der Waals surface area contributed by atoms with E-state index in [2.05, 4.69) is 6.92 Å². The first-order valence-electron chi connectivity index (χ1n) is 8.65. The molecule has 0 saturated heterocycles. The Hall–Kier alpha value is -0.100. The van der Waals surface area contributed by atoms with Gasteiger partial charge in [-0.25, -0.2) is 0 Å². The van der Waals surface area contributed by atoms with Gasteiger partial charge in [0.15, 0.2) is 0 Å². The van der Waals surface area contributed by atoms with E-state index >= 15 is 0 Å². The van der Waals surface area contributed by atoms with Gasteiger partial charge in [-0.3, -0.25) is 4.79 Å². The topological polar surface area (TPSA) is 80.7 Å². The molecule has 0 fully saturated rings. The SMILES string of the molecule is CCCCCCCCCCCC(=O)N(CCO)[C@@H](C)C(=O)[O-].[Na+]. The molecule has 0 aliphatic rings. The third-order valence-corrected chi connectivity index (χ3v) is 3.96. The fraction of sp³-hybridized carbons (Fsp3) is 0.882. The normalized spacial score (nSPS) is 11.6. The van der Waals surface area contributed by atoms with E-state index in [1.807, 2.05) is 0 Å². The van der Waals surface area contributed by atoms with E-state index in [1.54, 1.807) is 0 Å².